The fourth-order valence-electron chi connectivity index (χ4n) is 5.66. The van der Waals surface area contributed by atoms with Gasteiger partial charge in [0.1, 0.15) is 0 Å². The van der Waals surface area contributed by atoms with Crippen LogP contribution in [0.3, 0.4) is 0 Å². The Bertz CT molecular complexity index is 269. The van der Waals surface area contributed by atoms with E-state index in [-0.39, 0.29) is 12.2 Å². The van der Waals surface area contributed by atoms with Crippen LogP contribution in [0.25, 0.3) is 0 Å². The zero-order chi connectivity index (χ0) is 14.0. The molecule has 116 valence electrons. The van der Waals surface area contributed by atoms with E-state index < -0.39 is 0 Å². The van der Waals surface area contributed by atoms with E-state index in [0.29, 0.717) is 5.41 Å². The summed E-state index contributed by atoms with van der Waals surface area (Å²) in [7, 11) is 0. The summed E-state index contributed by atoms with van der Waals surface area (Å²) in [4.78, 5) is 0. The molecule has 0 amide bonds. The van der Waals surface area contributed by atoms with E-state index in [1.807, 2.05) is 0 Å². The van der Waals surface area contributed by atoms with Gasteiger partial charge in [-0.2, -0.15) is 0 Å². The minimum absolute atomic E-state index is 0.0277. The van der Waals surface area contributed by atoms with Gasteiger partial charge in [0.05, 0.1) is 12.2 Å². The van der Waals surface area contributed by atoms with Crippen molar-refractivity contribution in [3.63, 3.8) is 0 Å². The van der Waals surface area contributed by atoms with Crippen LogP contribution >= 0.6 is 0 Å². The van der Waals surface area contributed by atoms with Crippen molar-refractivity contribution in [3.05, 3.63) is 0 Å². The lowest BCUT2D eigenvalue weighted by Gasteiger charge is -2.52. The van der Waals surface area contributed by atoms with E-state index in [9.17, 15) is 10.2 Å². The van der Waals surface area contributed by atoms with Gasteiger partial charge >= 0.3 is 0 Å². The minimum atomic E-state index is -0.0277. The summed E-state index contributed by atoms with van der Waals surface area (Å²) in [5, 5.41) is 19.6. The highest BCUT2D eigenvalue weighted by molar-refractivity contribution is 4.97. The van der Waals surface area contributed by atoms with Crippen molar-refractivity contribution < 1.29 is 10.2 Å². The fraction of sp³-hybridized carbons (Fsp3) is 1.00. The third-order valence-corrected chi connectivity index (χ3v) is 6.80. The van der Waals surface area contributed by atoms with Gasteiger partial charge in [0.25, 0.3) is 0 Å². The highest BCUT2D eigenvalue weighted by Gasteiger charge is 2.46. The molecule has 0 spiro atoms. The van der Waals surface area contributed by atoms with Crippen LogP contribution in [0.1, 0.15) is 83.5 Å². The van der Waals surface area contributed by atoms with Crippen LogP contribution in [0.15, 0.2) is 0 Å². The number of aliphatic hydroxyl groups excluding tert-OH is 2. The van der Waals surface area contributed by atoms with Gasteiger partial charge in [-0.25, -0.2) is 0 Å². The Balaban J connectivity index is 1.73. The van der Waals surface area contributed by atoms with Gasteiger partial charge in [0.2, 0.25) is 0 Å². The zero-order valence-electron chi connectivity index (χ0n) is 12.9. The van der Waals surface area contributed by atoms with Gasteiger partial charge in [-0.1, -0.05) is 19.3 Å². The van der Waals surface area contributed by atoms with Crippen LogP contribution in [-0.2, 0) is 0 Å². The Morgan fingerprint density at radius 2 is 0.950 bits per heavy atom. The van der Waals surface area contributed by atoms with E-state index >= 15 is 0 Å². The van der Waals surface area contributed by atoms with Crippen molar-refractivity contribution in [2.45, 2.75) is 95.7 Å². The van der Waals surface area contributed by atoms with E-state index in [4.69, 9.17) is 0 Å². The molecule has 20 heavy (non-hydrogen) atoms. The second-order valence-electron chi connectivity index (χ2n) is 7.80. The van der Waals surface area contributed by atoms with Crippen LogP contribution < -0.4 is 0 Å². The normalized spacial score (nSPS) is 42.3. The molecule has 0 bridgehead atoms. The van der Waals surface area contributed by atoms with Gasteiger partial charge in [-0.15, -0.1) is 0 Å². The molecule has 3 aliphatic carbocycles. The number of hydrogen-bond acceptors (Lipinski definition) is 2. The summed E-state index contributed by atoms with van der Waals surface area (Å²) in [5.41, 5.74) is 0.568. The summed E-state index contributed by atoms with van der Waals surface area (Å²) < 4.78 is 0. The SMILES string of the molecule is OC1CCC(C2(C3CCC(O)CC3)CCCCC2)CC1. The van der Waals surface area contributed by atoms with Crippen molar-refractivity contribution in [1.29, 1.82) is 0 Å². The molecule has 0 radical (unpaired) electrons. The first-order valence-electron chi connectivity index (χ1n) is 9.07. The van der Waals surface area contributed by atoms with Crippen LogP contribution in [0.2, 0.25) is 0 Å². The summed E-state index contributed by atoms with van der Waals surface area (Å²) in [6.45, 7) is 0. The Kier molecular flexibility index (Phi) is 4.72. The summed E-state index contributed by atoms with van der Waals surface area (Å²) in [6, 6.07) is 0. The largest absolute Gasteiger partial charge is 0.393 e. The second kappa shape index (κ2) is 6.36. The maximum absolute atomic E-state index is 9.82. The van der Waals surface area contributed by atoms with Gasteiger partial charge in [0.15, 0.2) is 0 Å². The maximum atomic E-state index is 9.82. The third-order valence-electron chi connectivity index (χ3n) is 6.80. The zero-order valence-corrected chi connectivity index (χ0v) is 12.9. The Morgan fingerprint density at radius 3 is 1.35 bits per heavy atom. The van der Waals surface area contributed by atoms with Gasteiger partial charge in [-0.3, -0.25) is 0 Å². The van der Waals surface area contributed by atoms with E-state index in [1.165, 1.54) is 57.8 Å². The molecule has 0 aliphatic heterocycles. The molecule has 0 aromatic rings. The summed E-state index contributed by atoms with van der Waals surface area (Å²) in [5.74, 6) is 1.71. The number of hydrogen-bond donors (Lipinski definition) is 2. The van der Waals surface area contributed by atoms with Crippen molar-refractivity contribution in [2.75, 3.05) is 0 Å². The second-order valence-corrected chi connectivity index (χ2v) is 7.80. The molecular formula is C18H32O2. The Hall–Kier alpha value is -0.0800. The molecule has 2 heteroatoms. The predicted octanol–water partition coefficient (Wildman–Crippen LogP) is 4.04. The maximum Gasteiger partial charge on any atom is 0.0540 e. The van der Waals surface area contributed by atoms with Crippen LogP contribution in [0.5, 0.6) is 0 Å². The average Bonchev–Trinajstić information content (AvgIpc) is 2.49. The van der Waals surface area contributed by atoms with Gasteiger partial charge < -0.3 is 10.2 Å². The number of aliphatic hydroxyl groups is 2. The molecule has 3 rings (SSSR count). The summed E-state index contributed by atoms with van der Waals surface area (Å²) >= 11 is 0. The van der Waals surface area contributed by atoms with E-state index in [0.717, 1.165) is 37.5 Å². The molecule has 3 fully saturated rings. The average molecular weight is 280 g/mol. The first-order valence-corrected chi connectivity index (χ1v) is 9.07. The molecular weight excluding hydrogens is 248 g/mol. The Morgan fingerprint density at radius 1 is 0.550 bits per heavy atom. The lowest BCUT2D eigenvalue weighted by Crippen LogP contribution is -2.44. The molecule has 0 atom stereocenters. The predicted molar refractivity (Wildman–Crippen MR) is 81.4 cm³/mol. The third kappa shape index (κ3) is 2.92. The highest BCUT2D eigenvalue weighted by atomic mass is 16.3. The number of rotatable bonds is 2. The molecule has 0 aromatic heterocycles. The summed E-state index contributed by atoms with van der Waals surface area (Å²) in [6.07, 6.45) is 16.2. The van der Waals surface area contributed by atoms with Crippen molar-refractivity contribution in [2.24, 2.45) is 17.3 Å². The topological polar surface area (TPSA) is 40.5 Å². The lowest BCUT2D eigenvalue weighted by molar-refractivity contribution is -0.0440. The lowest BCUT2D eigenvalue weighted by atomic mass is 9.53. The molecule has 2 nitrogen and oxygen atoms in total. The van der Waals surface area contributed by atoms with Crippen LogP contribution in [0, 0.1) is 17.3 Å². The first kappa shape index (κ1) is 14.8. The smallest absolute Gasteiger partial charge is 0.0540 e. The van der Waals surface area contributed by atoms with Crippen molar-refractivity contribution in [1.82, 2.24) is 0 Å². The highest BCUT2D eigenvalue weighted by Crippen LogP contribution is 2.56. The molecule has 0 aromatic carbocycles. The standard InChI is InChI=1S/C18H32O2/c19-16-8-4-14(5-9-16)18(12-2-1-3-13-18)15-6-10-17(20)11-7-15/h14-17,19-20H,1-13H2. The molecule has 0 heterocycles. The monoisotopic (exact) mass is 280 g/mol. The van der Waals surface area contributed by atoms with Crippen molar-refractivity contribution in [3.8, 4) is 0 Å². The van der Waals surface area contributed by atoms with Crippen molar-refractivity contribution >= 4 is 0 Å². The van der Waals surface area contributed by atoms with E-state index in [2.05, 4.69) is 0 Å². The molecule has 3 saturated carbocycles. The Labute approximate surface area is 124 Å². The fourth-order valence-corrected chi connectivity index (χ4v) is 5.66. The first-order chi connectivity index (χ1) is 9.71. The van der Waals surface area contributed by atoms with Crippen LogP contribution in [-0.4, -0.2) is 22.4 Å². The van der Waals surface area contributed by atoms with E-state index in [1.54, 1.807) is 0 Å². The van der Waals surface area contributed by atoms with Crippen LogP contribution in [0.4, 0.5) is 0 Å². The molecule has 2 N–H and O–H groups in total. The molecule has 0 saturated heterocycles. The minimum Gasteiger partial charge on any atom is -0.393 e. The quantitative estimate of drug-likeness (QED) is 0.801. The van der Waals surface area contributed by atoms with Gasteiger partial charge in [0, 0.05) is 0 Å². The van der Waals surface area contributed by atoms with Gasteiger partial charge in [-0.05, 0) is 81.5 Å². The molecule has 0 unspecified atom stereocenters. The molecule has 3 aliphatic rings.